The lowest BCUT2D eigenvalue weighted by atomic mass is 10.1. The van der Waals surface area contributed by atoms with Crippen molar-refractivity contribution in [1.82, 2.24) is 19.9 Å². The Bertz CT molecular complexity index is 703. The van der Waals surface area contributed by atoms with Crippen molar-refractivity contribution in [3.8, 4) is 0 Å². The van der Waals surface area contributed by atoms with Crippen LogP contribution in [0.2, 0.25) is 5.28 Å². The number of carbonyl (C=O) groups is 1. The summed E-state index contributed by atoms with van der Waals surface area (Å²) in [4.78, 5) is 26.4. The largest absolute Gasteiger partial charge is 0.364 e. The zero-order valence-corrected chi connectivity index (χ0v) is 10.6. The highest BCUT2D eigenvalue weighted by Gasteiger charge is 2.10. The number of aromatic nitrogens is 4. The maximum Gasteiger partial charge on any atom is 0.226 e. The van der Waals surface area contributed by atoms with Crippen LogP contribution >= 0.6 is 11.6 Å². The minimum atomic E-state index is 0.103. The van der Waals surface area contributed by atoms with Crippen LogP contribution in [-0.2, 0) is 4.79 Å². The van der Waals surface area contributed by atoms with Crippen LogP contribution in [0.25, 0.3) is 11.2 Å². The van der Waals surface area contributed by atoms with Gasteiger partial charge in [-0.25, -0.2) is 4.98 Å². The number of anilines is 1. The molecule has 6 nitrogen and oxygen atoms in total. The van der Waals surface area contributed by atoms with E-state index in [2.05, 4.69) is 25.3 Å². The summed E-state index contributed by atoms with van der Waals surface area (Å²) in [5, 5.41) is 3.26. The van der Waals surface area contributed by atoms with Gasteiger partial charge in [-0.15, -0.1) is 0 Å². The van der Waals surface area contributed by atoms with Crippen LogP contribution < -0.4 is 5.32 Å². The number of carbonyl (C=O) groups excluding carboxylic acids is 1. The van der Waals surface area contributed by atoms with Gasteiger partial charge in [-0.3, -0.25) is 4.79 Å². The summed E-state index contributed by atoms with van der Waals surface area (Å²) in [7, 11) is 0. The second-order valence-corrected chi connectivity index (χ2v) is 4.43. The molecule has 0 atom stereocenters. The first kappa shape index (κ1) is 11.9. The van der Waals surface area contributed by atoms with Crippen molar-refractivity contribution in [3.05, 3.63) is 35.4 Å². The van der Waals surface area contributed by atoms with Gasteiger partial charge in [0.15, 0.2) is 17.2 Å². The quantitative estimate of drug-likeness (QED) is 0.836. The zero-order valence-electron chi connectivity index (χ0n) is 9.85. The molecule has 19 heavy (non-hydrogen) atoms. The number of nitrogens with one attached hydrogen (secondary N) is 2. The van der Waals surface area contributed by atoms with Crippen LogP contribution in [0, 0.1) is 0 Å². The molecule has 0 saturated heterocycles. The summed E-state index contributed by atoms with van der Waals surface area (Å²) in [6, 6.07) is 0. The summed E-state index contributed by atoms with van der Waals surface area (Å²) in [5.41, 5.74) is 2.10. The molecule has 2 heterocycles. The van der Waals surface area contributed by atoms with E-state index in [4.69, 9.17) is 11.6 Å². The molecule has 0 radical (unpaired) electrons. The van der Waals surface area contributed by atoms with E-state index in [0.717, 1.165) is 5.57 Å². The second-order valence-electron chi connectivity index (χ2n) is 4.09. The first-order valence-corrected chi connectivity index (χ1v) is 6.10. The molecule has 0 aromatic carbocycles. The number of aromatic amines is 1. The van der Waals surface area contributed by atoms with Crippen LogP contribution in [0.1, 0.15) is 6.42 Å². The van der Waals surface area contributed by atoms with E-state index in [-0.39, 0.29) is 11.1 Å². The van der Waals surface area contributed by atoms with Crippen LogP contribution in [-0.4, -0.2) is 32.3 Å². The van der Waals surface area contributed by atoms with Crippen molar-refractivity contribution < 1.29 is 4.79 Å². The average molecular weight is 276 g/mol. The molecule has 1 aliphatic rings. The van der Waals surface area contributed by atoms with Gasteiger partial charge in [0.25, 0.3) is 0 Å². The zero-order chi connectivity index (χ0) is 13.2. The lowest BCUT2D eigenvalue weighted by Crippen LogP contribution is -2.09. The predicted octanol–water partition coefficient (Wildman–Crippen LogP) is 1.87. The summed E-state index contributed by atoms with van der Waals surface area (Å²) in [5.74, 6) is 0.673. The number of imidazole rings is 1. The molecule has 3 rings (SSSR count). The third kappa shape index (κ3) is 2.48. The lowest BCUT2D eigenvalue weighted by molar-refractivity contribution is -0.113. The number of nitrogens with zero attached hydrogens (tertiary/aromatic N) is 3. The lowest BCUT2D eigenvalue weighted by Gasteiger charge is -2.09. The smallest absolute Gasteiger partial charge is 0.226 e. The van der Waals surface area contributed by atoms with Crippen molar-refractivity contribution in [2.45, 2.75) is 6.42 Å². The highest BCUT2D eigenvalue weighted by atomic mass is 35.5. The third-order valence-electron chi connectivity index (χ3n) is 2.72. The normalized spacial score (nSPS) is 14.8. The first-order chi connectivity index (χ1) is 9.22. The SMILES string of the molecule is O=C1C=C(CNc2nc(Cl)nc3nc[nH]c23)C=CC1. The Morgan fingerprint density at radius 2 is 2.32 bits per heavy atom. The molecule has 0 fully saturated rings. The minimum Gasteiger partial charge on any atom is -0.364 e. The molecule has 0 amide bonds. The van der Waals surface area contributed by atoms with Gasteiger partial charge >= 0.3 is 0 Å². The van der Waals surface area contributed by atoms with Gasteiger partial charge in [-0.05, 0) is 23.3 Å². The average Bonchev–Trinajstić information content (AvgIpc) is 2.84. The van der Waals surface area contributed by atoms with Crippen LogP contribution in [0.3, 0.4) is 0 Å². The van der Waals surface area contributed by atoms with Gasteiger partial charge in [0.05, 0.1) is 6.33 Å². The van der Waals surface area contributed by atoms with Crippen molar-refractivity contribution >= 4 is 34.4 Å². The molecule has 2 aromatic heterocycles. The highest BCUT2D eigenvalue weighted by Crippen LogP contribution is 2.19. The second kappa shape index (κ2) is 4.81. The Kier molecular flexibility index (Phi) is 3.00. The molecular weight excluding hydrogens is 266 g/mol. The number of H-pyrrole nitrogens is 1. The van der Waals surface area contributed by atoms with Gasteiger partial charge in [-0.2, -0.15) is 9.97 Å². The molecule has 0 bridgehead atoms. The van der Waals surface area contributed by atoms with E-state index in [1.54, 1.807) is 6.08 Å². The topological polar surface area (TPSA) is 83.6 Å². The maximum atomic E-state index is 11.3. The molecule has 0 spiro atoms. The number of fused-ring (bicyclic) bond motifs is 1. The molecule has 2 N–H and O–H groups in total. The van der Waals surface area contributed by atoms with E-state index in [1.807, 2.05) is 12.2 Å². The van der Waals surface area contributed by atoms with E-state index < -0.39 is 0 Å². The number of hydrogen-bond donors (Lipinski definition) is 2. The summed E-state index contributed by atoms with van der Waals surface area (Å²) in [6.45, 7) is 0.490. The molecule has 0 unspecified atom stereocenters. The highest BCUT2D eigenvalue weighted by molar-refractivity contribution is 6.28. The Morgan fingerprint density at radius 1 is 1.42 bits per heavy atom. The number of ketones is 1. The van der Waals surface area contributed by atoms with Gasteiger partial charge < -0.3 is 10.3 Å². The van der Waals surface area contributed by atoms with Crippen LogP contribution in [0.15, 0.2) is 30.1 Å². The molecule has 1 aliphatic carbocycles. The number of rotatable bonds is 3. The molecule has 7 heteroatoms. The molecular formula is C12H10ClN5O. The van der Waals surface area contributed by atoms with Crippen molar-refractivity contribution in [2.75, 3.05) is 11.9 Å². The molecule has 96 valence electrons. The van der Waals surface area contributed by atoms with E-state index in [0.29, 0.717) is 29.9 Å². The fourth-order valence-electron chi connectivity index (χ4n) is 1.87. The van der Waals surface area contributed by atoms with Crippen molar-refractivity contribution in [1.29, 1.82) is 0 Å². The standard InChI is InChI=1S/C12H10ClN5O/c13-12-17-10(9-11(18-12)16-6-15-9)14-5-7-2-1-3-8(19)4-7/h1-2,4,6H,3,5H2,(H2,14,15,16,17,18). The van der Waals surface area contributed by atoms with Gasteiger partial charge in [-0.1, -0.05) is 12.2 Å². The third-order valence-corrected chi connectivity index (χ3v) is 2.88. The number of hydrogen-bond acceptors (Lipinski definition) is 5. The Morgan fingerprint density at radius 3 is 3.16 bits per heavy atom. The van der Waals surface area contributed by atoms with Gasteiger partial charge in [0, 0.05) is 13.0 Å². The Labute approximate surface area is 113 Å². The molecule has 0 aliphatic heterocycles. The summed E-state index contributed by atoms with van der Waals surface area (Å²) >= 11 is 5.83. The monoisotopic (exact) mass is 275 g/mol. The molecule has 2 aromatic rings. The van der Waals surface area contributed by atoms with E-state index in [9.17, 15) is 4.79 Å². The van der Waals surface area contributed by atoms with E-state index in [1.165, 1.54) is 6.33 Å². The Balaban J connectivity index is 1.84. The summed E-state index contributed by atoms with van der Waals surface area (Å²) in [6.07, 6.45) is 7.39. The van der Waals surface area contributed by atoms with Crippen molar-refractivity contribution in [3.63, 3.8) is 0 Å². The van der Waals surface area contributed by atoms with Gasteiger partial charge in [0.2, 0.25) is 5.28 Å². The Hall–Kier alpha value is -2.21. The first-order valence-electron chi connectivity index (χ1n) is 5.73. The predicted molar refractivity (Wildman–Crippen MR) is 72.0 cm³/mol. The van der Waals surface area contributed by atoms with E-state index >= 15 is 0 Å². The van der Waals surface area contributed by atoms with Crippen molar-refractivity contribution in [2.24, 2.45) is 0 Å². The van der Waals surface area contributed by atoms with Crippen LogP contribution in [0.5, 0.6) is 0 Å². The number of allylic oxidation sites excluding steroid dienone is 2. The minimum absolute atomic E-state index is 0.103. The number of halogens is 1. The maximum absolute atomic E-state index is 11.3. The molecule has 0 saturated carbocycles. The summed E-state index contributed by atoms with van der Waals surface area (Å²) < 4.78 is 0. The van der Waals surface area contributed by atoms with Crippen LogP contribution in [0.4, 0.5) is 5.82 Å². The fourth-order valence-corrected chi connectivity index (χ4v) is 2.04. The van der Waals surface area contributed by atoms with Gasteiger partial charge in [0.1, 0.15) is 5.52 Å². The fraction of sp³-hybridized carbons (Fsp3) is 0.167.